The number of nitrogens with one attached hydrogen (secondary N) is 1. The first-order valence-electron chi connectivity index (χ1n) is 9.76. The van der Waals surface area contributed by atoms with Crippen molar-refractivity contribution in [1.82, 2.24) is 10.2 Å². The van der Waals surface area contributed by atoms with E-state index in [4.69, 9.17) is 4.74 Å². The Morgan fingerprint density at radius 3 is 2.38 bits per heavy atom. The third-order valence-corrected chi connectivity index (χ3v) is 6.59. The SMILES string of the molecule is CC(C)(C)OC(=O)N(CCNC1C(C)(C)[C@H]2CC[C@]1(C)C2)C1CC1. The minimum Gasteiger partial charge on any atom is -0.444 e. The fraction of sp³-hybridized carbons (Fsp3) is 0.950. The Hall–Kier alpha value is -0.770. The summed E-state index contributed by atoms with van der Waals surface area (Å²) in [5.41, 5.74) is 0.381. The minimum absolute atomic E-state index is 0.148. The Morgan fingerprint density at radius 1 is 1.21 bits per heavy atom. The van der Waals surface area contributed by atoms with E-state index in [2.05, 4.69) is 26.1 Å². The predicted molar refractivity (Wildman–Crippen MR) is 97.0 cm³/mol. The lowest BCUT2D eigenvalue weighted by atomic mass is 9.68. The zero-order chi connectivity index (χ0) is 17.8. The van der Waals surface area contributed by atoms with Crippen LogP contribution in [0.4, 0.5) is 4.79 Å². The molecule has 0 spiro atoms. The van der Waals surface area contributed by atoms with Crippen LogP contribution in [0, 0.1) is 16.7 Å². The van der Waals surface area contributed by atoms with Gasteiger partial charge in [0.05, 0.1) is 0 Å². The second-order valence-corrected chi connectivity index (χ2v) is 10.2. The van der Waals surface area contributed by atoms with Gasteiger partial charge >= 0.3 is 6.09 Å². The third-order valence-electron chi connectivity index (χ3n) is 6.59. The molecule has 0 heterocycles. The Balaban J connectivity index is 1.55. The van der Waals surface area contributed by atoms with Gasteiger partial charge in [0, 0.05) is 25.2 Å². The maximum absolute atomic E-state index is 12.5. The number of amides is 1. The van der Waals surface area contributed by atoms with Crippen molar-refractivity contribution in [3.63, 3.8) is 0 Å². The van der Waals surface area contributed by atoms with Crippen molar-refractivity contribution in [3.05, 3.63) is 0 Å². The third kappa shape index (κ3) is 3.44. The van der Waals surface area contributed by atoms with Gasteiger partial charge in [-0.25, -0.2) is 4.79 Å². The molecule has 24 heavy (non-hydrogen) atoms. The molecule has 0 radical (unpaired) electrons. The summed E-state index contributed by atoms with van der Waals surface area (Å²) in [5.74, 6) is 0.852. The van der Waals surface area contributed by atoms with Gasteiger partial charge in [0.1, 0.15) is 5.60 Å². The molecule has 1 amide bonds. The van der Waals surface area contributed by atoms with E-state index >= 15 is 0 Å². The van der Waals surface area contributed by atoms with Gasteiger partial charge in [-0.05, 0) is 69.6 Å². The standard InChI is InChI=1S/C20H36N2O2/c1-18(2,3)24-17(23)22(15-7-8-15)12-11-21-16-19(4,5)14-9-10-20(16,6)13-14/h14-16,21H,7-13H2,1-6H3/t14-,16?,20+/m0/s1. The molecule has 1 unspecified atom stereocenters. The smallest absolute Gasteiger partial charge is 0.410 e. The molecule has 3 rings (SSSR count). The summed E-state index contributed by atoms with van der Waals surface area (Å²) in [6.45, 7) is 14.7. The van der Waals surface area contributed by atoms with Crippen molar-refractivity contribution >= 4 is 6.09 Å². The van der Waals surface area contributed by atoms with Crippen molar-refractivity contribution in [3.8, 4) is 0 Å². The maximum Gasteiger partial charge on any atom is 0.410 e. The summed E-state index contributed by atoms with van der Waals surface area (Å²) in [6, 6.07) is 0.953. The van der Waals surface area contributed by atoms with Gasteiger partial charge in [-0.2, -0.15) is 0 Å². The van der Waals surface area contributed by atoms with Crippen LogP contribution in [0.2, 0.25) is 0 Å². The van der Waals surface area contributed by atoms with Crippen LogP contribution in [0.5, 0.6) is 0 Å². The molecule has 138 valence electrons. The van der Waals surface area contributed by atoms with Crippen LogP contribution in [0.1, 0.15) is 73.6 Å². The second kappa shape index (κ2) is 5.89. The molecule has 0 aromatic carbocycles. The lowest BCUT2D eigenvalue weighted by molar-refractivity contribution is 0.0226. The molecular formula is C20H36N2O2. The van der Waals surface area contributed by atoms with Crippen LogP contribution < -0.4 is 5.32 Å². The summed E-state index contributed by atoms with van der Waals surface area (Å²) in [7, 11) is 0. The van der Waals surface area contributed by atoms with Crippen LogP contribution in [-0.2, 0) is 4.74 Å². The summed E-state index contributed by atoms with van der Waals surface area (Å²) in [4.78, 5) is 14.4. The Morgan fingerprint density at radius 2 is 1.88 bits per heavy atom. The summed E-state index contributed by atoms with van der Waals surface area (Å²) < 4.78 is 5.59. The molecule has 0 aromatic heterocycles. The van der Waals surface area contributed by atoms with E-state index in [9.17, 15) is 4.79 Å². The average molecular weight is 337 g/mol. The molecule has 2 bridgehead atoms. The van der Waals surface area contributed by atoms with Crippen LogP contribution >= 0.6 is 0 Å². The lowest BCUT2D eigenvalue weighted by Gasteiger charge is -2.43. The summed E-state index contributed by atoms with van der Waals surface area (Å²) in [6.07, 6.45) is 6.17. The van der Waals surface area contributed by atoms with Crippen molar-refractivity contribution in [1.29, 1.82) is 0 Å². The molecule has 3 saturated carbocycles. The normalized spacial score (nSPS) is 34.4. The number of rotatable bonds is 5. The quantitative estimate of drug-likeness (QED) is 0.818. The van der Waals surface area contributed by atoms with E-state index in [1.165, 1.54) is 19.3 Å². The number of carbonyl (C=O) groups is 1. The Labute approximate surface area is 147 Å². The number of hydrogen-bond donors (Lipinski definition) is 1. The zero-order valence-corrected chi connectivity index (χ0v) is 16.4. The van der Waals surface area contributed by atoms with Crippen molar-refractivity contribution in [2.75, 3.05) is 13.1 Å². The van der Waals surface area contributed by atoms with Gasteiger partial charge in [-0.1, -0.05) is 20.8 Å². The first-order chi connectivity index (χ1) is 11.0. The fourth-order valence-electron chi connectivity index (χ4n) is 5.27. The first kappa shape index (κ1) is 18.0. The molecular weight excluding hydrogens is 300 g/mol. The van der Waals surface area contributed by atoms with Crippen molar-refractivity contribution in [2.24, 2.45) is 16.7 Å². The van der Waals surface area contributed by atoms with E-state index < -0.39 is 5.60 Å². The van der Waals surface area contributed by atoms with Crippen molar-refractivity contribution < 1.29 is 9.53 Å². The van der Waals surface area contributed by atoms with Gasteiger partial charge in [0.2, 0.25) is 0 Å². The van der Waals surface area contributed by atoms with Gasteiger partial charge in [0.25, 0.3) is 0 Å². The first-order valence-corrected chi connectivity index (χ1v) is 9.76. The van der Waals surface area contributed by atoms with E-state index in [0.717, 1.165) is 31.8 Å². The highest BCUT2D eigenvalue weighted by atomic mass is 16.6. The molecule has 3 atom stereocenters. The number of nitrogens with zero attached hydrogens (tertiary/aromatic N) is 1. The van der Waals surface area contributed by atoms with Gasteiger partial charge in [-0.15, -0.1) is 0 Å². The largest absolute Gasteiger partial charge is 0.444 e. The number of fused-ring (bicyclic) bond motifs is 2. The molecule has 3 aliphatic rings. The van der Waals surface area contributed by atoms with E-state index in [0.29, 0.717) is 22.9 Å². The second-order valence-electron chi connectivity index (χ2n) is 10.2. The van der Waals surface area contributed by atoms with Gasteiger partial charge in [0.15, 0.2) is 0 Å². The Bertz CT molecular complexity index is 488. The van der Waals surface area contributed by atoms with Gasteiger partial charge < -0.3 is 15.0 Å². The molecule has 3 aliphatic carbocycles. The van der Waals surface area contributed by atoms with E-state index in [1.807, 2.05) is 25.7 Å². The highest BCUT2D eigenvalue weighted by Gasteiger charge is 2.58. The summed E-state index contributed by atoms with van der Waals surface area (Å²) in [5, 5.41) is 3.83. The monoisotopic (exact) mass is 336 g/mol. The molecule has 0 saturated heterocycles. The molecule has 3 fully saturated rings. The van der Waals surface area contributed by atoms with Gasteiger partial charge in [-0.3, -0.25) is 0 Å². The average Bonchev–Trinajstić information content (AvgIpc) is 3.14. The van der Waals surface area contributed by atoms with E-state index in [-0.39, 0.29) is 6.09 Å². The van der Waals surface area contributed by atoms with Crippen molar-refractivity contribution in [2.45, 2.75) is 91.3 Å². The van der Waals surface area contributed by atoms with Crippen LogP contribution in [0.3, 0.4) is 0 Å². The summed E-state index contributed by atoms with van der Waals surface area (Å²) >= 11 is 0. The van der Waals surface area contributed by atoms with Crippen LogP contribution in [0.15, 0.2) is 0 Å². The zero-order valence-electron chi connectivity index (χ0n) is 16.4. The maximum atomic E-state index is 12.5. The highest BCUT2D eigenvalue weighted by molar-refractivity contribution is 5.69. The highest BCUT2D eigenvalue weighted by Crippen LogP contribution is 2.62. The number of ether oxygens (including phenoxy) is 1. The molecule has 4 heteroatoms. The number of carbonyl (C=O) groups excluding carboxylic acids is 1. The lowest BCUT2D eigenvalue weighted by Crippen LogP contribution is -2.52. The minimum atomic E-state index is -0.419. The fourth-order valence-corrected chi connectivity index (χ4v) is 5.27. The molecule has 1 N–H and O–H groups in total. The number of hydrogen-bond acceptors (Lipinski definition) is 3. The van der Waals surface area contributed by atoms with Crippen LogP contribution in [-0.4, -0.2) is 41.8 Å². The molecule has 4 nitrogen and oxygen atoms in total. The predicted octanol–water partition coefficient (Wildman–Crippen LogP) is 4.19. The molecule has 0 aliphatic heterocycles. The topological polar surface area (TPSA) is 41.6 Å². The van der Waals surface area contributed by atoms with E-state index in [1.54, 1.807) is 0 Å². The van der Waals surface area contributed by atoms with Crippen LogP contribution in [0.25, 0.3) is 0 Å². The molecule has 0 aromatic rings. The Kier molecular flexibility index (Phi) is 4.43.